The van der Waals surface area contributed by atoms with Crippen molar-refractivity contribution in [1.29, 1.82) is 0 Å². The van der Waals surface area contributed by atoms with E-state index in [1.165, 1.54) is 6.42 Å². The predicted molar refractivity (Wildman–Crippen MR) is 70.9 cm³/mol. The average molecular weight is 230 g/mol. The van der Waals surface area contributed by atoms with Crippen molar-refractivity contribution in [2.24, 2.45) is 5.92 Å². The Kier molecular flexibility index (Phi) is 9.99. The first kappa shape index (κ1) is 15.9. The Hall–Kier alpha value is -0.120. The van der Waals surface area contributed by atoms with Gasteiger partial charge in [0.25, 0.3) is 0 Å². The third-order valence-corrected chi connectivity index (χ3v) is 2.91. The molecule has 98 valence electrons. The van der Waals surface area contributed by atoms with E-state index in [4.69, 9.17) is 4.74 Å². The molecule has 0 bridgehead atoms. The van der Waals surface area contributed by atoms with Crippen LogP contribution in [0.5, 0.6) is 0 Å². The molecule has 16 heavy (non-hydrogen) atoms. The fourth-order valence-corrected chi connectivity index (χ4v) is 1.80. The van der Waals surface area contributed by atoms with Gasteiger partial charge >= 0.3 is 0 Å². The number of rotatable bonds is 10. The van der Waals surface area contributed by atoms with Crippen molar-refractivity contribution in [2.75, 3.05) is 40.4 Å². The highest BCUT2D eigenvalue weighted by atomic mass is 16.5. The molecule has 3 nitrogen and oxygen atoms in total. The largest absolute Gasteiger partial charge is 0.385 e. The molecule has 3 heteroatoms. The van der Waals surface area contributed by atoms with Gasteiger partial charge in [-0.2, -0.15) is 0 Å². The molecule has 0 aromatic rings. The molecule has 0 amide bonds. The maximum atomic E-state index is 5.00. The van der Waals surface area contributed by atoms with E-state index in [-0.39, 0.29) is 0 Å². The quantitative estimate of drug-likeness (QED) is 0.581. The molecule has 0 radical (unpaired) electrons. The summed E-state index contributed by atoms with van der Waals surface area (Å²) in [5.74, 6) is 0.784. The zero-order valence-corrected chi connectivity index (χ0v) is 11.8. The van der Waals surface area contributed by atoms with Crippen molar-refractivity contribution < 1.29 is 4.74 Å². The van der Waals surface area contributed by atoms with Gasteiger partial charge in [-0.1, -0.05) is 13.8 Å². The lowest BCUT2D eigenvalue weighted by Gasteiger charge is -2.26. The van der Waals surface area contributed by atoms with Crippen LogP contribution in [0.2, 0.25) is 0 Å². The first-order chi connectivity index (χ1) is 7.57. The van der Waals surface area contributed by atoms with Crippen LogP contribution in [0.1, 0.15) is 33.6 Å². The Labute approximate surface area is 102 Å². The van der Waals surface area contributed by atoms with Crippen molar-refractivity contribution in [1.82, 2.24) is 10.2 Å². The lowest BCUT2D eigenvalue weighted by atomic mass is 10.0. The van der Waals surface area contributed by atoms with Gasteiger partial charge < -0.3 is 15.0 Å². The summed E-state index contributed by atoms with van der Waals surface area (Å²) in [6.45, 7) is 11.0. The molecule has 0 spiro atoms. The molecule has 0 saturated carbocycles. The highest BCUT2D eigenvalue weighted by molar-refractivity contribution is 4.66. The van der Waals surface area contributed by atoms with E-state index in [9.17, 15) is 0 Å². The third-order valence-electron chi connectivity index (χ3n) is 2.91. The highest BCUT2D eigenvalue weighted by Gasteiger charge is 2.09. The van der Waals surface area contributed by atoms with Crippen molar-refractivity contribution >= 4 is 0 Å². The monoisotopic (exact) mass is 230 g/mol. The summed E-state index contributed by atoms with van der Waals surface area (Å²) in [5.41, 5.74) is 0. The molecular formula is C13H30N2O. The second kappa shape index (κ2) is 10.1. The number of nitrogens with one attached hydrogen (secondary N) is 1. The minimum Gasteiger partial charge on any atom is -0.385 e. The standard InChI is InChI=1S/C13H30N2O/c1-12(2)11-13(3)15(4)9-8-14-7-6-10-16-5/h12-14H,6-11H2,1-5H3. The molecule has 0 aliphatic heterocycles. The van der Waals surface area contributed by atoms with Gasteiger partial charge in [0.2, 0.25) is 0 Å². The number of hydrogen-bond acceptors (Lipinski definition) is 3. The third kappa shape index (κ3) is 9.13. The fraction of sp³-hybridized carbons (Fsp3) is 1.00. The number of nitrogens with zero attached hydrogens (tertiary/aromatic N) is 1. The van der Waals surface area contributed by atoms with Crippen LogP contribution in [-0.4, -0.2) is 51.3 Å². The summed E-state index contributed by atoms with van der Waals surface area (Å²) in [4.78, 5) is 2.43. The maximum absolute atomic E-state index is 5.00. The van der Waals surface area contributed by atoms with Gasteiger partial charge in [-0.05, 0) is 39.3 Å². The van der Waals surface area contributed by atoms with Crippen molar-refractivity contribution in [3.63, 3.8) is 0 Å². The van der Waals surface area contributed by atoms with E-state index in [2.05, 4.69) is 38.0 Å². The summed E-state index contributed by atoms with van der Waals surface area (Å²) >= 11 is 0. The molecule has 1 unspecified atom stereocenters. The molecule has 0 rings (SSSR count). The van der Waals surface area contributed by atoms with E-state index in [0.717, 1.165) is 38.6 Å². The molecule has 0 aromatic heterocycles. The van der Waals surface area contributed by atoms with Crippen LogP contribution >= 0.6 is 0 Å². The Balaban J connectivity index is 3.38. The number of likely N-dealkylation sites (N-methyl/N-ethyl adjacent to an activating group) is 1. The summed E-state index contributed by atoms with van der Waals surface area (Å²) in [5, 5.41) is 3.44. The lowest BCUT2D eigenvalue weighted by Crippen LogP contribution is -2.36. The smallest absolute Gasteiger partial charge is 0.0474 e. The maximum Gasteiger partial charge on any atom is 0.0474 e. The summed E-state index contributed by atoms with van der Waals surface area (Å²) < 4.78 is 5.00. The molecule has 0 aliphatic rings. The fourth-order valence-electron chi connectivity index (χ4n) is 1.80. The predicted octanol–water partition coefficient (Wildman–Crippen LogP) is 1.98. The molecule has 0 aromatic carbocycles. The number of methoxy groups -OCH3 is 1. The average Bonchev–Trinajstić information content (AvgIpc) is 2.21. The highest BCUT2D eigenvalue weighted by Crippen LogP contribution is 2.08. The molecule has 0 heterocycles. The Morgan fingerprint density at radius 1 is 1.19 bits per heavy atom. The second-order valence-corrected chi connectivity index (χ2v) is 5.06. The van der Waals surface area contributed by atoms with E-state index in [1.54, 1.807) is 7.11 Å². The molecular weight excluding hydrogens is 200 g/mol. The zero-order chi connectivity index (χ0) is 12.4. The van der Waals surface area contributed by atoms with Crippen LogP contribution < -0.4 is 5.32 Å². The topological polar surface area (TPSA) is 24.5 Å². The van der Waals surface area contributed by atoms with Crippen molar-refractivity contribution in [2.45, 2.75) is 39.7 Å². The first-order valence-electron chi connectivity index (χ1n) is 6.47. The lowest BCUT2D eigenvalue weighted by molar-refractivity contribution is 0.192. The molecule has 1 N–H and O–H groups in total. The van der Waals surface area contributed by atoms with Gasteiger partial charge in [-0.25, -0.2) is 0 Å². The number of hydrogen-bond donors (Lipinski definition) is 1. The minimum atomic E-state index is 0.681. The molecule has 0 fully saturated rings. The van der Waals surface area contributed by atoms with E-state index in [1.807, 2.05) is 0 Å². The summed E-state index contributed by atoms with van der Waals surface area (Å²) in [6, 6.07) is 0.681. The van der Waals surface area contributed by atoms with Gasteiger partial charge in [0, 0.05) is 32.8 Å². The molecule has 0 saturated heterocycles. The summed E-state index contributed by atoms with van der Waals surface area (Å²) in [7, 11) is 3.96. The van der Waals surface area contributed by atoms with E-state index in [0.29, 0.717) is 6.04 Å². The van der Waals surface area contributed by atoms with Gasteiger partial charge in [0.05, 0.1) is 0 Å². The minimum absolute atomic E-state index is 0.681. The zero-order valence-electron chi connectivity index (χ0n) is 11.8. The van der Waals surface area contributed by atoms with Crippen LogP contribution in [0.4, 0.5) is 0 Å². The normalized spacial score (nSPS) is 13.7. The van der Waals surface area contributed by atoms with Crippen LogP contribution in [0.3, 0.4) is 0 Å². The van der Waals surface area contributed by atoms with Gasteiger partial charge in [-0.3, -0.25) is 0 Å². The van der Waals surface area contributed by atoms with Crippen molar-refractivity contribution in [3.05, 3.63) is 0 Å². The van der Waals surface area contributed by atoms with E-state index >= 15 is 0 Å². The van der Waals surface area contributed by atoms with Crippen LogP contribution in [-0.2, 0) is 4.74 Å². The van der Waals surface area contributed by atoms with Crippen molar-refractivity contribution in [3.8, 4) is 0 Å². The van der Waals surface area contributed by atoms with Crippen LogP contribution in [0, 0.1) is 5.92 Å². The second-order valence-electron chi connectivity index (χ2n) is 5.06. The SMILES string of the molecule is COCCCNCCN(C)C(C)CC(C)C. The van der Waals surface area contributed by atoms with E-state index < -0.39 is 0 Å². The van der Waals surface area contributed by atoms with Crippen LogP contribution in [0.25, 0.3) is 0 Å². The van der Waals surface area contributed by atoms with Gasteiger partial charge in [0.15, 0.2) is 0 Å². The Morgan fingerprint density at radius 3 is 2.44 bits per heavy atom. The molecule has 0 aliphatic carbocycles. The Morgan fingerprint density at radius 2 is 1.88 bits per heavy atom. The molecule has 1 atom stereocenters. The van der Waals surface area contributed by atoms with Gasteiger partial charge in [0.1, 0.15) is 0 Å². The van der Waals surface area contributed by atoms with Crippen LogP contribution in [0.15, 0.2) is 0 Å². The Bertz CT molecular complexity index is 151. The first-order valence-corrected chi connectivity index (χ1v) is 6.47. The summed E-state index contributed by atoms with van der Waals surface area (Å²) in [6.07, 6.45) is 2.38. The van der Waals surface area contributed by atoms with Gasteiger partial charge in [-0.15, -0.1) is 0 Å². The number of ether oxygens (including phenoxy) is 1.